The SMILES string of the molecule is C[C@H]1CN(C(=O)c2cnc(-c3ccc4c(c3)OCO4)nc2Nc2cccc(F)c2)C[C@H](C)O1. The first-order chi connectivity index (χ1) is 16.0. The van der Waals surface area contributed by atoms with Crippen LogP contribution in [0.15, 0.2) is 48.7 Å². The smallest absolute Gasteiger partial charge is 0.259 e. The highest BCUT2D eigenvalue weighted by atomic mass is 19.1. The minimum atomic E-state index is -0.395. The van der Waals surface area contributed by atoms with Crippen LogP contribution in [0, 0.1) is 5.82 Å². The number of anilines is 2. The van der Waals surface area contributed by atoms with Gasteiger partial charge in [0.1, 0.15) is 17.2 Å². The highest BCUT2D eigenvalue weighted by molar-refractivity contribution is 5.99. The van der Waals surface area contributed by atoms with Crippen molar-refractivity contribution in [2.24, 2.45) is 0 Å². The zero-order valence-corrected chi connectivity index (χ0v) is 18.2. The largest absolute Gasteiger partial charge is 0.454 e. The first kappa shape index (κ1) is 21.1. The zero-order valence-electron chi connectivity index (χ0n) is 18.2. The van der Waals surface area contributed by atoms with Crippen LogP contribution in [0.4, 0.5) is 15.9 Å². The summed E-state index contributed by atoms with van der Waals surface area (Å²) in [7, 11) is 0. The lowest BCUT2D eigenvalue weighted by Crippen LogP contribution is -2.48. The molecule has 170 valence electrons. The number of ether oxygens (including phenoxy) is 3. The van der Waals surface area contributed by atoms with Crippen LogP contribution in [-0.4, -0.2) is 52.9 Å². The normalized spacial score (nSPS) is 19.4. The van der Waals surface area contributed by atoms with E-state index < -0.39 is 5.82 Å². The molecule has 0 aliphatic carbocycles. The molecule has 1 saturated heterocycles. The number of amides is 1. The molecular weight excluding hydrogens is 427 g/mol. The third-order valence-electron chi connectivity index (χ3n) is 5.44. The molecule has 0 spiro atoms. The van der Waals surface area contributed by atoms with Crippen LogP contribution in [0.5, 0.6) is 11.5 Å². The predicted octanol–water partition coefficient (Wildman–Crippen LogP) is 4.00. The fourth-order valence-corrected chi connectivity index (χ4v) is 4.03. The Labute approximate surface area is 190 Å². The second-order valence-electron chi connectivity index (χ2n) is 8.13. The van der Waals surface area contributed by atoms with E-state index >= 15 is 0 Å². The number of nitrogens with one attached hydrogen (secondary N) is 1. The van der Waals surface area contributed by atoms with Gasteiger partial charge in [0.25, 0.3) is 5.91 Å². The van der Waals surface area contributed by atoms with Gasteiger partial charge in [-0.2, -0.15) is 0 Å². The fourth-order valence-electron chi connectivity index (χ4n) is 4.03. The number of nitrogens with zero attached hydrogens (tertiary/aromatic N) is 3. The van der Waals surface area contributed by atoms with Gasteiger partial charge in [-0.15, -0.1) is 0 Å². The molecule has 1 aromatic heterocycles. The molecule has 0 saturated carbocycles. The lowest BCUT2D eigenvalue weighted by molar-refractivity contribution is -0.0586. The summed E-state index contributed by atoms with van der Waals surface area (Å²) in [6, 6.07) is 11.4. The van der Waals surface area contributed by atoms with Gasteiger partial charge < -0.3 is 24.4 Å². The number of carbonyl (C=O) groups is 1. The molecule has 8 nitrogen and oxygen atoms in total. The van der Waals surface area contributed by atoms with Gasteiger partial charge in [-0.05, 0) is 50.2 Å². The minimum absolute atomic E-state index is 0.0776. The van der Waals surface area contributed by atoms with Crippen LogP contribution in [0.3, 0.4) is 0 Å². The molecule has 0 unspecified atom stereocenters. The molecule has 1 amide bonds. The molecule has 0 bridgehead atoms. The highest BCUT2D eigenvalue weighted by Gasteiger charge is 2.29. The first-order valence-corrected chi connectivity index (χ1v) is 10.7. The molecular formula is C24H23FN4O4. The Morgan fingerprint density at radius 3 is 2.67 bits per heavy atom. The zero-order chi connectivity index (χ0) is 22.9. The number of benzene rings is 2. The molecule has 33 heavy (non-hydrogen) atoms. The van der Waals surface area contributed by atoms with Gasteiger partial charge in [-0.3, -0.25) is 4.79 Å². The van der Waals surface area contributed by atoms with Crippen LogP contribution < -0.4 is 14.8 Å². The second-order valence-corrected chi connectivity index (χ2v) is 8.13. The molecule has 9 heteroatoms. The van der Waals surface area contributed by atoms with E-state index in [0.29, 0.717) is 53.0 Å². The Hall–Kier alpha value is -3.72. The topological polar surface area (TPSA) is 85.8 Å². The molecule has 2 aliphatic heterocycles. The van der Waals surface area contributed by atoms with Crippen LogP contribution in [0.1, 0.15) is 24.2 Å². The number of aromatic nitrogens is 2. The lowest BCUT2D eigenvalue weighted by atomic mass is 10.1. The highest BCUT2D eigenvalue weighted by Crippen LogP contribution is 2.35. The summed E-state index contributed by atoms with van der Waals surface area (Å²) in [6.07, 6.45) is 1.35. The molecule has 0 radical (unpaired) electrons. The fraction of sp³-hybridized carbons (Fsp3) is 0.292. The van der Waals surface area contributed by atoms with Crippen LogP contribution in [0.25, 0.3) is 11.4 Å². The van der Waals surface area contributed by atoms with Gasteiger partial charge >= 0.3 is 0 Å². The van der Waals surface area contributed by atoms with Gasteiger partial charge in [0.15, 0.2) is 17.3 Å². The summed E-state index contributed by atoms with van der Waals surface area (Å²) in [5, 5.41) is 3.09. The third-order valence-corrected chi connectivity index (χ3v) is 5.44. The van der Waals surface area contributed by atoms with E-state index in [9.17, 15) is 9.18 Å². The summed E-state index contributed by atoms with van der Waals surface area (Å²) in [6.45, 7) is 4.96. The van der Waals surface area contributed by atoms with Crippen molar-refractivity contribution in [2.75, 3.05) is 25.2 Å². The average molecular weight is 450 g/mol. The summed E-state index contributed by atoms with van der Waals surface area (Å²) in [5.74, 6) is 1.33. The van der Waals surface area contributed by atoms with Gasteiger partial charge in [-0.25, -0.2) is 14.4 Å². The number of hydrogen-bond donors (Lipinski definition) is 1. The Balaban J connectivity index is 1.52. The maximum atomic E-state index is 13.8. The van der Waals surface area contributed by atoms with Crippen molar-refractivity contribution in [1.82, 2.24) is 14.9 Å². The Bertz CT molecular complexity index is 1190. The van der Waals surface area contributed by atoms with Crippen LogP contribution >= 0.6 is 0 Å². The molecule has 3 aromatic rings. The third kappa shape index (κ3) is 4.45. The van der Waals surface area contributed by atoms with E-state index in [4.69, 9.17) is 14.2 Å². The van der Waals surface area contributed by atoms with Crippen LogP contribution in [-0.2, 0) is 4.74 Å². The average Bonchev–Trinajstić information content (AvgIpc) is 3.26. The Morgan fingerprint density at radius 2 is 1.88 bits per heavy atom. The number of halogens is 1. The molecule has 2 aliphatic rings. The van der Waals surface area contributed by atoms with Gasteiger partial charge in [0.2, 0.25) is 6.79 Å². The monoisotopic (exact) mass is 450 g/mol. The van der Waals surface area contributed by atoms with Crippen molar-refractivity contribution in [3.8, 4) is 22.9 Å². The quantitative estimate of drug-likeness (QED) is 0.643. The van der Waals surface area contributed by atoms with E-state index in [1.54, 1.807) is 29.2 Å². The van der Waals surface area contributed by atoms with Gasteiger partial charge in [0.05, 0.1) is 12.2 Å². The number of carbonyl (C=O) groups excluding carboxylic acids is 1. The van der Waals surface area contributed by atoms with E-state index in [0.717, 1.165) is 0 Å². The second kappa shape index (κ2) is 8.67. The minimum Gasteiger partial charge on any atom is -0.454 e. The van der Waals surface area contributed by atoms with E-state index in [1.807, 2.05) is 19.9 Å². The molecule has 5 rings (SSSR count). The molecule has 2 aromatic carbocycles. The number of hydrogen-bond acceptors (Lipinski definition) is 7. The summed E-state index contributed by atoms with van der Waals surface area (Å²) >= 11 is 0. The predicted molar refractivity (Wildman–Crippen MR) is 119 cm³/mol. The maximum absolute atomic E-state index is 13.8. The van der Waals surface area contributed by atoms with E-state index in [2.05, 4.69) is 15.3 Å². The van der Waals surface area contributed by atoms with Crippen molar-refractivity contribution in [2.45, 2.75) is 26.1 Å². The number of fused-ring (bicyclic) bond motifs is 1. The van der Waals surface area contributed by atoms with Crippen LogP contribution in [0.2, 0.25) is 0 Å². The Kier molecular flexibility index (Phi) is 5.55. The summed E-state index contributed by atoms with van der Waals surface area (Å²) < 4.78 is 30.4. The molecule has 3 heterocycles. The lowest BCUT2D eigenvalue weighted by Gasteiger charge is -2.35. The summed E-state index contributed by atoms with van der Waals surface area (Å²) in [4.78, 5) is 24.2. The first-order valence-electron chi connectivity index (χ1n) is 10.7. The number of morpholine rings is 1. The molecule has 1 N–H and O–H groups in total. The Morgan fingerprint density at radius 1 is 1.09 bits per heavy atom. The molecule has 2 atom stereocenters. The van der Waals surface area contributed by atoms with Crippen molar-refractivity contribution in [3.63, 3.8) is 0 Å². The van der Waals surface area contributed by atoms with Crippen molar-refractivity contribution >= 4 is 17.4 Å². The molecule has 1 fully saturated rings. The van der Waals surface area contributed by atoms with Crippen molar-refractivity contribution in [1.29, 1.82) is 0 Å². The standard InChI is InChI=1S/C24H23FN4O4/c1-14-11-29(12-15(2)33-14)24(30)19-10-26-22(16-6-7-20-21(8-16)32-13-31-20)28-23(19)27-18-5-3-4-17(25)9-18/h3-10,14-15H,11-13H2,1-2H3,(H,26,27,28)/t14-,15-/m0/s1. The maximum Gasteiger partial charge on any atom is 0.259 e. The number of rotatable bonds is 4. The summed E-state index contributed by atoms with van der Waals surface area (Å²) in [5.41, 5.74) is 1.47. The van der Waals surface area contributed by atoms with Crippen molar-refractivity contribution in [3.05, 3.63) is 60.0 Å². The van der Waals surface area contributed by atoms with Gasteiger partial charge in [0, 0.05) is 30.5 Å². The van der Waals surface area contributed by atoms with E-state index in [-0.39, 0.29) is 24.9 Å². The van der Waals surface area contributed by atoms with Crippen molar-refractivity contribution < 1.29 is 23.4 Å². The van der Waals surface area contributed by atoms with Gasteiger partial charge in [-0.1, -0.05) is 6.07 Å². The van der Waals surface area contributed by atoms with E-state index in [1.165, 1.54) is 18.3 Å².